The molecule has 0 spiro atoms. The highest BCUT2D eigenvalue weighted by Crippen LogP contribution is 2.43. The maximum absolute atomic E-state index is 11.7. The highest BCUT2D eigenvalue weighted by molar-refractivity contribution is 5.91. The van der Waals surface area contributed by atoms with E-state index in [0.29, 0.717) is 17.0 Å². The van der Waals surface area contributed by atoms with Crippen molar-refractivity contribution in [1.29, 1.82) is 0 Å². The minimum Gasteiger partial charge on any atom is -0.507 e. The number of hydrogen-bond donors (Lipinski definition) is 3. The van der Waals surface area contributed by atoms with Gasteiger partial charge >= 0.3 is 6.09 Å². The predicted molar refractivity (Wildman–Crippen MR) is 115 cm³/mol. The van der Waals surface area contributed by atoms with Crippen molar-refractivity contribution in [3.05, 3.63) is 65.9 Å². The number of anilines is 2. The van der Waals surface area contributed by atoms with E-state index in [4.69, 9.17) is 4.74 Å². The molecule has 0 bridgehead atoms. The molecule has 0 radical (unpaired) electrons. The number of carbonyl (C=O) groups is 1. The van der Waals surface area contributed by atoms with E-state index in [1.54, 1.807) is 23.9 Å². The van der Waals surface area contributed by atoms with E-state index in [0.717, 1.165) is 22.3 Å². The van der Waals surface area contributed by atoms with Gasteiger partial charge in [0.1, 0.15) is 17.2 Å². The van der Waals surface area contributed by atoms with Crippen LogP contribution >= 0.6 is 0 Å². The molecule has 9 nitrogen and oxygen atoms in total. The van der Waals surface area contributed by atoms with E-state index in [1.807, 2.05) is 42.5 Å². The molecule has 0 saturated carbocycles. The summed E-state index contributed by atoms with van der Waals surface area (Å²) in [5.74, 6) is 0.804. The molecule has 1 unspecified atom stereocenters. The molecule has 2 aromatic carbocycles. The number of carbonyl (C=O) groups excluding carboxylic acids is 1. The topological polar surface area (TPSA) is 110 Å². The number of para-hydroxylation sites is 1. The quantitative estimate of drug-likeness (QED) is 0.465. The molecule has 156 valence electrons. The third-order valence-electron chi connectivity index (χ3n) is 5.28. The lowest BCUT2D eigenvalue weighted by Crippen LogP contribution is -2.15. The number of nitrogens with zero attached hydrogens (tertiary/aromatic N) is 3. The lowest BCUT2D eigenvalue weighted by Gasteiger charge is -2.20. The van der Waals surface area contributed by atoms with Gasteiger partial charge in [0, 0.05) is 34.6 Å². The molecule has 3 N–H and O–H groups in total. The maximum atomic E-state index is 11.7. The maximum Gasteiger partial charge on any atom is 0.413 e. The second-order valence-electron chi connectivity index (χ2n) is 7.01. The lowest BCUT2D eigenvalue weighted by atomic mass is 9.98. The zero-order valence-electron chi connectivity index (χ0n) is 16.8. The number of nitrogens with one attached hydrogen (secondary N) is 2. The van der Waals surface area contributed by atoms with Crippen LogP contribution in [-0.2, 0) is 4.74 Å². The van der Waals surface area contributed by atoms with Crippen molar-refractivity contribution in [2.75, 3.05) is 24.9 Å². The Morgan fingerprint density at radius 1 is 1.16 bits per heavy atom. The Balaban J connectivity index is 1.75. The molecule has 1 amide bonds. The van der Waals surface area contributed by atoms with Crippen molar-refractivity contribution in [1.82, 2.24) is 14.6 Å². The highest BCUT2D eigenvalue weighted by atomic mass is 16.5. The Morgan fingerprint density at radius 3 is 2.77 bits per heavy atom. The number of phenols is 1. The SMILES string of the molecule is COC(=O)Nc1nc2c3c(ccn3n1)C(c1ccc(OC)cc1O)Nc1ccccc1-2. The first kappa shape index (κ1) is 18.7. The first-order chi connectivity index (χ1) is 15.1. The number of amides is 1. The molecule has 2 aromatic heterocycles. The van der Waals surface area contributed by atoms with Gasteiger partial charge in [-0.2, -0.15) is 0 Å². The lowest BCUT2D eigenvalue weighted by molar-refractivity contribution is 0.186. The third kappa shape index (κ3) is 3.07. The fraction of sp³-hybridized carbons (Fsp3) is 0.136. The van der Waals surface area contributed by atoms with Crippen LogP contribution in [0.15, 0.2) is 54.7 Å². The van der Waals surface area contributed by atoms with Crippen LogP contribution in [0.4, 0.5) is 16.4 Å². The number of fused-ring (bicyclic) bond motifs is 2. The molecular weight excluding hydrogens is 398 g/mol. The fourth-order valence-electron chi connectivity index (χ4n) is 3.85. The van der Waals surface area contributed by atoms with Crippen LogP contribution in [0.25, 0.3) is 16.8 Å². The summed E-state index contributed by atoms with van der Waals surface area (Å²) in [5.41, 5.74) is 4.68. The zero-order chi connectivity index (χ0) is 21.5. The number of ether oxygens (including phenoxy) is 2. The van der Waals surface area contributed by atoms with Gasteiger partial charge < -0.3 is 19.9 Å². The summed E-state index contributed by atoms with van der Waals surface area (Å²) in [5, 5.41) is 21.2. The highest BCUT2D eigenvalue weighted by Gasteiger charge is 2.29. The van der Waals surface area contributed by atoms with Gasteiger partial charge in [0.05, 0.1) is 25.8 Å². The van der Waals surface area contributed by atoms with Crippen molar-refractivity contribution < 1.29 is 19.4 Å². The van der Waals surface area contributed by atoms with Crippen LogP contribution in [-0.4, -0.2) is 40.0 Å². The van der Waals surface area contributed by atoms with Crippen LogP contribution in [0.2, 0.25) is 0 Å². The van der Waals surface area contributed by atoms with Crippen LogP contribution in [0.1, 0.15) is 17.2 Å². The molecule has 31 heavy (non-hydrogen) atoms. The molecule has 0 fully saturated rings. The van der Waals surface area contributed by atoms with Crippen molar-refractivity contribution in [2.45, 2.75) is 6.04 Å². The largest absolute Gasteiger partial charge is 0.507 e. The number of benzene rings is 2. The molecule has 3 heterocycles. The van der Waals surface area contributed by atoms with E-state index in [2.05, 4.69) is 25.5 Å². The summed E-state index contributed by atoms with van der Waals surface area (Å²) >= 11 is 0. The summed E-state index contributed by atoms with van der Waals surface area (Å²) in [6.45, 7) is 0. The second kappa shape index (κ2) is 7.21. The van der Waals surface area contributed by atoms with E-state index >= 15 is 0 Å². The van der Waals surface area contributed by atoms with Crippen molar-refractivity contribution in [3.8, 4) is 22.8 Å². The molecule has 5 rings (SSSR count). The smallest absolute Gasteiger partial charge is 0.413 e. The zero-order valence-corrected chi connectivity index (χ0v) is 16.8. The van der Waals surface area contributed by atoms with Crippen LogP contribution < -0.4 is 15.4 Å². The van der Waals surface area contributed by atoms with Gasteiger partial charge in [0.25, 0.3) is 5.95 Å². The van der Waals surface area contributed by atoms with Crippen molar-refractivity contribution in [2.24, 2.45) is 0 Å². The normalized spacial score (nSPS) is 14.3. The van der Waals surface area contributed by atoms with Crippen molar-refractivity contribution >= 4 is 23.2 Å². The van der Waals surface area contributed by atoms with E-state index in [-0.39, 0.29) is 17.7 Å². The van der Waals surface area contributed by atoms with E-state index in [9.17, 15) is 9.90 Å². The third-order valence-corrected chi connectivity index (χ3v) is 5.28. The molecule has 1 aliphatic rings. The Labute approximate surface area is 177 Å². The number of methoxy groups -OCH3 is 2. The number of aromatic hydroxyl groups is 1. The molecular formula is C22H19N5O4. The van der Waals surface area contributed by atoms with Gasteiger partial charge in [-0.15, -0.1) is 5.10 Å². The molecule has 0 aliphatic carbocycles. The molecule has 1 atom stereocenters. The number of rotatable bonds is 3. The first-order valence-electron chi connectivity index (χ1n) is 9.56. The summed E-state index contributed by atoms with van der Waals surface area (Å²) in [6, 6.07) is 14.5. The summed E-state index contributed by atoms with van der Waals surface area (Å²) in [7, 11) is 2.83. The Kier molecular flexibility index (Phi) is 4.36. The average Bonchev–Trinajstić information content (AvgIpc) is 3.15. The molecule has 0 saturated heterocycles. The van der Waals surface area contributed by atoms with Crippen LogP contribution in [0.5, 0.6) is 11.5 Å². The number of phenolic OH excluding ortho intramolecular Hbond substituents is 1. The molecule has 9 heteroatoms. The van der Waals surface area contributed by atoms with Crippen molar-refractivity contribution in [3.63, 3.8) is 0 Å². The van der Waals surface area contributed by atoms with E-state index < -0.39 is 6.09 Å². The second-order valence-corrected chi connectivity index (χ2v) is 7.01. The predicted octanol–water partition coefficient (Wildman–Crippen LogP) is 3.80. The van der Waals surface area contributed by atoms with Gasteiger partial charge in [-0.05, 0) is 24.3 Å². The number of hydrogen-bond acceptors (Lipinski definition) is 7. The van der Waals surface area contributed by atoms with Gasteiger partial charge in [-0.1, -0.05) is 18.2 Å². The Morgan fingerprint density at radius 2 is 2.00 bits per heavy atom. The Hall–Kier alpha value is -4.27. The van der Waals surface area contributed by atoms with E-state index in [1.165, 1.54) is 7.11 Å². The first-order valence-corrected chi connectivity index (χ1v) is 9.56. The minimum absolute atomic E-state index is 0.113. The standard InChI is InChI=1S/C22H19N5O4/c1-30-12-7-8-14(17(28)11-12)18-15-9-10-27-20(15)19(13-5-3-4-6-16(13)23-18)24-21(26-27)25-22(29)31-2/h3-11,18,23,28H,1-2H3,(H,25,26,29). The average molecular weight is 417 g/mol. The Bertz CT molecular complexity index is 1320. The molecule has 4 aromatic rings. The van der Waals surface area contributed by atoms with Gasteiger partial charge in [-0.25, -0.2) is 14.3 Å². The summed E-state index contributed by atoms with van der Waals surface area (Å²) < 4.78 is 11.6. The van der Waals surface area contributed by atoms with Gasteiger partial charge in [0.15, 0.2) is 0 Å². The minimum atomic E-state index is -0.653. The van der Waals surface area contributed by atoms with Gasteiger partial charge in [-0.3, -0.25) is 5.32 Å². The molecule has 1 aliphatic heterocycles. The fourth-order valence-corrected chi connectivity index (χ4v) is 3.85. The van der Waals surface area contributed by atoms with Crippen LogP contribution in [0.3, 0.4) is 0 Å². The number of aromatic nitrogens is 3. The summed E-state index contributed by atoms with van der Waals surface area (Å²) in [6.07, 6.45) is 1.14. The monoisotopic (exact) mass is 417 g/mol. The van der Waals surface area contributed by atoms with Crippen LogP contribution in [0, 0.1) is 0 Å². The van der Waals surface area contributed by atoms with Gasteiger partial charge in [0.2, 0.25) is 0 Å². The summed E-state index contributed by atoms with van der Waals surface area (Å²) in [4.78, 5) is 16.3.